The van der Waals surface area contributed by atoms with E-state index in [4.69, 9.17) is 9.84 Å². The molecule has 0 unspecified atom stereocenters. The van der Waals surface area contributed by atoms with Crippen LogP contribution in [0, 0.1) is 11.6 Å². The third-order valence-electron chi connectivity index (χ3n) is 3.93. The fourth-order valence-electron chi connectivity index (χ4n) is 2.53. The summed E-state index contributed by atoms with van der Waals surface area (Å²) in [5.74, 6) is -2.75. The van der Waals surface area contributed by atoms with Crippen molar-refractivity contribution in [2.45, 2.75) is 19.5 Å². The predicted octanol–water partition coefficient (Wildman–Crippen LogP) is 3.34. The van der Waals surface area contributed by atoms with Crippen LogP contribution in [0.25, 0.3) is 0 Å². The number of carbonyl (C=O) groups is 2. The minimum atomic E-state index is -1.10. The Morgan fingerprint density at radius 3 is 2.31 bits per heavy atom. The average Bonchev–Trinajstić information content (AvgIpc) is 2.62. The number of aromatic carboxylic acids is 1. The zero-order chi connectivity index (χ0) is 19.3. The highest BCUT2D eigenvalue weighted by Crippen LogP contribution is 2.18. The second-order valence-electron chi connectivity index (χ2n) is 5.86. The number of hydrogen-bond acceptors (Lipinski definition) is 3. The lowest BCUT2D eigenvalue weighted by Gasteiger charge is -2.29. The van der Waals surface area contributed by atoms with Crippen molar-refractivity contribution in [3.63, 3.8) is 0 Å². The Kier molecular flexibility index (Phi) is 6.41. The molecule has 0 aliphatic heterocycles. The summed E-state index contributed by atoms with van der Waals surface area (Å²) in [6.45, 7) is 1.79. The molecule has 0 saturated carbocycles. The first-order valence-corrected chi connectivity index (χ1v) is 7.90. The highest BCUT2D eigenvalue weighted by Gasteiger charge is 2.23. The molecule has 1 amide bonds. The smallest absolute Gasteiger partial charge is 0.335 e. The third kappa shape index (κ3) is 4.64. The van der Waals surface area contributed by atoms with E-state index in [9.17, 15) is 18.4 Å². The number of halogens is 2. The molecule has 0 heterocycles. The van der Waals surface area contributed by atoms with Crippen LogP contribution in [-0.2, 0) is 11.3 Å². The van der Waals surface area contributed by atoms with E-state index in [1.807, 2.05) is 0 Å². The van der Waals surface area contributed by atoms with E-state index in [0.29, 0.717) is 0 Å². The van der Waals surface area contributed by atoms with Gasteiger partial charge in [0.15, 0.2) is 0 Å². The quantitative estimate of drug-likeness (QED) is 0.819. The van der Waals surface area contributed by atoms with E-state index in [2.05, 4.69) is 0 Å². The molecule has 26 heavy (non-hydrogen) atoms. The number of ether oxygens (including phenoxy) is 1. The first-order chi connectivity index (χ1) is 12.3. The van der Waals surface area contributed by atoms with Crippen LogP contribution >= 0.6 is 0 Å². The Hall–Kier alpha value is -2.80. The zero-order valence-corrected chi connectivity index (χ0v) is 14.4. The number of methoxy groups -OCH3 is 1. The van der Waals surface area contributed by atoms with Crippen LogP contribution in [0.2, 0.25) is 0 Å². The van der Waals surface area contributed by atoms with Gasteiger partial charge in [-0.3, -0.25) is 4.79 Å². The lowest BCUT2D eigenvalue weighted by atomic mass is 10.1. The van der Waals surface area contributed by atoms with Crippen LogP contribution in [0.4, 0.5) is 8.78 Å². The van der Waals surface area contributed by atoms with E-state index < -0.39 is 29.6 Å². The standard InChI is InChI=1S/C19H19F2NO4/c1-12(11-26-2)22(10-15-9-16(20)7-8-17(15)21)18(23)13-3-5-14(6-4-13)19(24)25/h3-9,12H,10-11H2,1-2H3,(H,24,25)/t12-/m1/s1. The van der Waals surface area contributed by atoms with Crippen LogP contribution < -0.4 is 0 Å². The lowest BCUT2D eigenvalue weighted by Crippen LogP contribution is -2.40. The number of benzene rings is 2. The molecule has 0 bridgehead atoms. The lowest BCUT2D eigenvalue weighted by molar-refractivity contribution is 0.0538. The molecule has 0 saturated heterocycles. The summed E-state index contributed by atoms with van der Waals surface area (Å²) >= 11 is 0. The second-order valence-corrected chi connectivity index (χ2v) is 5.86. The number of amides is 1. The first kappa shape index (κ1) is 19.5. The predicted molar refractivity (Wildman–Crippen MR) is 91.0 cm³/mol. The van der Waals surface area contributed by atoms with Gasteiger partial charge in [-0.2, -0.15) is 0 Å². The van der Waals surface area contributed by atoms with Gasteiger partial charge in [0, 0.05) is 24.8 Å². The van der Waals surface area contributed by atoms with E-state index in [1.165, 1.54) is 36.3 Å². The van der Waals surface area contributed by atoms with E-state index in [1.54, 1.807) is 6.92 Å². The summed E-state index contributed by atoms with van der Waals surface area (Å²) in [7, 11) is 1.48. The van der Waals surface area contributed by atoms with Gasteiger partial charge in [0.25, 0.3) is 5.91 Å². The highest BCUT2D eigenvalue weighted by molar-refractivity contribution is 5.96. The summed E-state index contributed by atoms with van der Waals surface area (Å²) in [4.78, 5) is 25.1. The number of rotatable bonds is 7. The van der Waals surface area contributed by atoms with Gasteiger partial charge in [0.1, 0.15) is 11.6 Å². The summed E-state index contributed by atoms with van der Waals surface area (Å²) in [5.41, 5.74) is 0.340. The molecule has 0 radical (unpaired) electrons. The molecule has 2 rings (SSSR count). The van der Waals surface area contributed by atoms with Crippen LogP contribution in [0.5, 0.6) is 0 Å². The van der Waals surface area contributed by atoms with Crippen LogP contribution in [-0.4, -0.2) is 41.6 Å². The minimum absolute atomic E-state index is 0.0449. The maximum absolute atomic E-state index is 14.0. The van der Waals surface area contributed by atoms with Crippen LogP contribution in [0.1, 0.15) is 33.2 Å². The molecule has 138 valence electrons. The fraction of sp³-hybridized carbons (Fsp3) is 0.263. The molecule has 7 heteroatoms. The van der Waals surface area contributed by atoms with Crippen molar-refractivity contribution in [3.05, 3.63) is 70.8 Å². The number of carboxylic acids is 1. The largest absolute Gasteiger partial charge is 0.478 e. The monoisotopic (exact) mass is 363 g/mol. The fourth-order valence-corrected chi connectivity index (χ4v) is 2.53. The normalized spacial score (nSPS) is 11.8. The van der Waals surface area contributed by atoms with Gasteiger partial charge >= 0.3 is 5.97 Å². The van der Waals surface area contributed by atoms with Crippen molar-refractivity contribution < 1.29 is 28.2 Å². The van der Waals surface area contributed by atoms with Crippen molar-refractivity contribution in [1.82, 2.24) is 4.90 Å². The zero-order valence-electron chi connectivity index (χ0n) is 14.4. The van der Waals surface area contributed by atoms with Crippen molar-refractivity contribution in [2.24, 2.45) is 0 Å². The molecule has 2 aromatic rings. The molecule has 0 spiro atoms. The summed E-state index contributed by atoms with van der Waals surface area (Å²) < 4.78 is 32.5. The Labute approximate surface area is 149 Å². The minimum Gasteiger partial charge on any atom is -0.478 e. The summed E-state index contributed by atoms with van der Waals surface area (Å²) in [5, 5.41) is 8.94. The van der Waals surface area contributed by atoms with Gasteiger partial charge in [0.2, 0.25) is 0 Å². The van der Waals surface area contributed by atoms with Gasteiger partial charge in [-0.25, -0.2) is 13.6 Å². The molecule has 0 aromatic heterocycles. The van der Waals surface area contributed by atoms with Gasteiger partial charge in [-0.05, 0) is 49.4 Å². The van der Waals surface area contributed by atoms with E-state index in [0.717, 1.165) is 18.2 Å². The van der Waals surface area contributed by atoms with E-state index >= 15 is 0 Å². The maximum atomic E-state index is 14.0. The molecule has 1 atom stereocenters. The Balaban J connectivity index is 2.32. The molecule has 0 aliphatic rings. The Bertz CT molecular complexity index is 793. The van der Waals surface area contributed by atoms with Gasteiger partial charge in [-0.15, -0.1) is 0 Å². The number of hydrogen-bond donors (Lipinski definition) is 1. The molecule has 2 aromatic carbocycles. The maximum Gasteiger partial charge on any atom is 0.335 e. The van der Waals surface area contributed by atoms with Crippen molar-refractivity contribution in [1.29, 1.82) is 0 Å². The molecular weight excluding hydrogens is 344 g/mol. The van der Waals surface area contributed by atoms with E-state index in [-0.39, 0.29) is 29.8 Å². The van der Waals surface area contributed by atoms with Crippen molar-refractivity contribution >= 4 is 11.9 Å². The Morgan fingerprint density at radius 2 is 1.73 bits per heavy atom. The van der Waals surface area contributed by atoms with Gasteiger partial charge in [-0.1, -0.05) is 0 Å². The number of nitrogens with zero attached hydrogens (tertiary/aromatic N) is 1. The molecule has 5 nitrogen and oxygen atoms in total. The van der Waals surface area contributed by atoms with Crippen LogP contribution in [0.15, 0.2) is 42.5 Å². The topological polar surface area (TPSA) is 66.8 Å². The van der Waals surface area contributed by atoms with Gasteiger partial charge < -0.3 is 14.7 Å². The van der Waals surface area contributed by atoms with Gasteiger partial charge in [0.05, 0.1) is 18.2 Å². The summed E-state index contributed by atoms with van der Waals surface area (Å²) in [6.07, 6.45) is 0. The van der Waals surface area contributed by atoms with Crippen molar-refractivity contribution in [2.75, 3.05) is 13.7 Å². The molecular formula is C19H19F2NO4. The number of carbonyl (C=O) groups excluding carboxylic acids is 1. The highest BCUT2D eigenvalue weighted by atomic mass is 19.1. The molecule has 0 aliphatic carbocycles. The Morgan fingerprint density at radius 1 is 1.12 bits per heavy atom. The molecule has 1 N–H and O–H groups in total. The number of carboxylic acid groups (broad SMARTS) is 1. The van der Waals surface area contributed by atoms with Crippen molar-refractivity contribution in [3.8, 4) is 0 Å². The average molecular weight is 363 g/mol. The SMILES string of the molecule is COC[C@@H](C)N(Cc1cc(F)ccc1F)C(=O)c1ccc(C(=O)O)cc1. The molecule has 0 fully saturated rings. The summed E-state index contributed by atoms with van der Waals surface area (Å²) in [6, 6.07) is 8.07. The third-order valence-corrected chi connectivity index (χ3v) is 3.93. The van der Waals surface area contributed by atoms with Crippen LogP contribution in [0.3, 0.4) is 0 Å². The second kappa shape index (κ2) is 8.53. The first-order valence-electron chi connectivity index (χ1n) is 7.90.